The number of ether oxygens (including phenoxy) is 1. The summed E-state index contributed by atoms with van der Waals surface area (Å²) in [5, 5.41) is 7.61. The van der Waals surface area contributed by atoms with Crippen LogP contribution in [-0.4, -0.2) is 31.1 Å². The Balaban J connectivity index is 2.65. The Labute approximate surface area is 120 Å². The smallest absolute Gasteiger partial charge is 0.363 e. The molecule has 106 valence electrons. The third-order valence-corrected chi connectivity index (χ3v) is 2.14. The van der Waals surface area contributed by atoms with E-state index in [9.17, 15) is 9.59 Å². The Morgan fingerprint density at radius 1 is 1.45 bits per heavy atom. The number of aryl methyl sites for hydroxylation is 1. The van der Waals surface area contributed by atoms with Crippen molar-refractivity contribution in [3.63, 3.8) is 0 Å². The highest BCUT2D eigenvalue weighted by Crippen LogP contribution is 2.09. The van der Waals surface area contributed by atoms with Crippen LogP contribution < -0.4 is 5.43 Å². The van der Waals surface area contributed by atoms with Crippen LogP contribution in [0.5, 0.6) is 0 Å². The Kier molecular flexibility index (Phi) is 2.55. The van der Waals surface area contributed by atoms with E-state index >= 15 is 0 Å². The largest absolute Gasteiger partial charge is 0.455 e. The van der Waals surface area contributed by atoms with Crippen molar-refractivity contribution < 1.29 is 13.6 Å². The van der Waals surface area contributed by atoms with Crippen LogP contribution in [0.2, 0.25) is 0 Å². The molecule has 0 spiro atoms. The van der Waals surface area contributed by atoms with Crippen molar-refractivity contribution in [2.24, 2.45) is 7.05 Å². The molecule has 7 heteroatoms. The fraction of sp³-hybridized carbons (Fsp3) is 0.385. The lowest BCUT2D eigenvalue weighted by Gasteiger charge is -2.18. The number of hydrogen-bond acceptors (Lipinski definition) is 5. The quantitative estimate of drug-likeness (QED) is 0.764. The van der Waals surface area contributed by atoms with Gasteiger partial charge >= 0.3 is 5.97 Å². The predicted molar refractivity (Wildman–Crippen MR) is 71.8 cm³/mol. The Bertz CT molecular complexity index is 836. The molecule has 0 aromatic carbocycles. The average Bonchev–Trinajstić information content (AvgIpc) is 2.73. The van der Waals surface area contributed by atoms with Gasteiger partial charge in [0.2, 0.25) is 11.1 Å². The van der Waals surface area contributed by atoms with Crippen molar-refractivity contribution in [3.8, 4) is 5.69 Å². The molecule has 0 unspecified atom stereocenters. The lowest BCUT2D eigenvalue weighted by atomic mass is 10.2. The molecule has 0 aliphatic carbocycles. The number of esters is 1. The number of nitrogens with zero attached hydrogens (tertiary/aromatic N) is 4. The van der Waals surface area contributed by atoms with Crippen molar-refractivity contribution in [3.05, 3.63) is 40.5 Å². The van der Waals surface area contributed by atoms with E-state index in [-0.39, 0.29) is 11.9 Å². The lowest BCUT2D eigenvalue weighted by molar-refractivity contribution is 0.00592. The van der Waals surface area contributed by atoms with Crippen LogP contribution >= 0.6 is 0 Å². The second kappa shape index (κ2) is 4.92. The Hall–Kier alpha value is -2.44. The summed E-state index contributed by atoms with van der Waals surface area (Å²) in [6.45, 7) is 4.90. The molecule has 0 aliphatic rings. The van der Waals surface area contributed by atoms with Gasteiger partial charge in [0, 0.05) is 19.3 Å². The van der Waals surface area contributed by atoms with Crippen molar-refractivity contribution in [2.45, 2.75) is 26.4 Å². The Morgan fingerprint density at radius 2 is 2.15 bits per heavy atom. The number of carbonyl (C=O) groups excluding carboxylic acids is 1. The van der Waals surface area contributed by atoms with E-state index in [1.165, 1.54) is 10.9 Å². The highest BCUT2D eigenvalue weighted by molar-refractivity contribution is 5.87. The third-order valence-electron chi connectivity index (χ3n) is 2.14. The van der Waals surface area contributed by atoms with E-state index in [4.69, 9.17) is 8.85 Å². The van der Waals surface area contributed by atoms with E-state index in [0.717, 1.165) is 4.68 Å². The van der Waals surface area contributed by atoms with Gasteiger partial charge in [-0.05, 0) is 20.8 Å². The number of aromatic nitrogens is 4. The molecule has 0 radical (unpaired) electrons. The second-order valence-electron chi connectivity index (χ2n) is 5.13. The zero-order chi connectivity index (χ0) is 17.5. The molecule has 0 fully saturated rings. The van der Waals surface area contributed by atoms with E-state index < -0.39 is 34.9 Å². The van der Waals surface area contributed by atoms with Crippen molar-refractivity contribution in [2.75, 3.05) is 0 Å². The van der Waals surface area contributed by atoms with Gasteiger partial charge in [-0.2, -0.15) is 10.2 Å². The van der Waals surface area contributed by atoms with Crippen molar-refractivity contribution >= 4 is 5.97 Å². The molecule has 0 aliphatic heterocycles. The average molecular weight is 279 g/mol. The summed E-state index contributed by atoms with van der Waals surface area (Å²) in [6, 6.07) is -0.705. The first-order valence-electron chi connectivity index (χ1n) is 7.36. The third kappa shape index (κ3) is 3.11. The van der Waals surface area contributed by atoms with Gasteiger partial charge in [-0.3, -0.25) is 9.48 Å². The van der Waals surface area contributed by atoms with Gasteiger partial charge in [0.25, 0.3) is 0 Å². The Morgan fingerprint density at radius 3 is 2.70 bits per heavy atom. The predicted octanol–water partition coefficient (Wildman–Crippen LogP) is 0.921. The number of hydrogen-bond donors (Lipinski definition) is 0. The highest BCUT2D eigenvalue weighted by Gasteiger charge is 2.22. The van der Waals surface area contributed by atoms with Gasteiger partial charge in [-0.15, -0.1) is 0 Å². The van der Waals surface area contributed by atoms with Crippen molar-refractivity contribution in [1.29, 1.82) is 0 Å². The molecule has 0 amide bonds. The van der Waals surface area contributed by atoms with Crippen LogP contribution in [0.15, 0.2) is 29.4 Å². The molecule has 0 saturated carbocycles. The molecule has 2 aromatic rings. The monoisotopic (exact) mass is 279 g/mol. The zero-order valence-corrected chi connectivity index (χ0v) is 11.6. The van der Waals surface area contributed by atoms with Crippen LogP contribution in [0.4, 0.5) is 0 Å². The van der Waals surface area contributed by atoms with Gasteiger partial charge in [0.15, 0.2) is 0 Å². The number of rotatable bonds is 2. The van der Waals surface area contributed by atoms with E-state index in [1.54, 1.807) is 27.8 Å². The normalized spacial score (nSPS) is 13.5. The summed E-state index contributed by atoms with van der Waals surface area (Å²) in [4.78, 5) is 24.1. The van der Waals surface area contributed by atoms with Crippen LogP contribution in [-0.2, 0) is 11.8 Å². The summed E-state index contributed by atoms with van der Waals surface area (Å²) in [6.07, 6.45) is 0.659. The minimum absolute atomic E-state index is 0.0795. The summed E-state index contributed by atoms with van der Waals surface area (Å²) in [5.41, 5.74) is -2.36. The van der Waals surface area contributed by atoms with Crippen LogP contribution in [0, 0.1) is 0 Å². The highest BCUT2D eigenvalue weighted by atomic mass is 16.6. The van der Waals surface area contributed by atoms with Gasteiger partial charge in [0.05, 0.1) is 16.5 Å². The molecule has 2 aromatic heterocycles. The minimum atomic E-state index is -0.990. The maximum atomic E-state index is 12.1. The zero-order valence-electron chi connectivity index (χ0n) is 14.6. The lowest BCUT2D eigenvalue weighted by Crippen LogP contribution is -2.29. The first-order chi connectivity index (χ1) is 10.5. The summed E-state index contributed by atoms with van der Waals surface area (Å²) >= 11 is 0. The molecular weight excluding hydrogens is 260 g/mol. The first-order valence-corrected chi connectivity index (χ1v) is 5.86. The fourth-order valence-corrected chi connectivity index (χ4v) is 1.37. The standard InChI is InChI=1S/C13H16N4O3/c1-13(2,3)20-12(19)11-10(18)5-6-17(15-11)9-7-14-16(4)8-9/h5-8H,1-4H3/i5D,6D,7D. The summed E-state index contributed by atoms with van der Waals surface area (Å²) in [7, 11) is 1.57. The van der Waals surface area contributed by atoms with Gasteiger partial charge in [-0.1, -0.05) is 0 Å². The fourth-order valence-electron chi connectivity index (χ4n) is 1.37. The van der Waals surface area contributed by atoms with Gasteiger partial charge < -0.3 is 4.74 Å². The number of carbonyl (C=O) groups is 1. The molecule has 0 N–H and O–H groups in total. The van der Waals surface area contributed by atoms with Gasteiger partial charge in [-0.25, -0.2) is 9.48 Å². The topological polar surface area (TPSA) is 79.0 Å². The molecule has 0 saturated heterocycles. The molecule has 20 heavy (non-hydrogen) atoms. The molecule has 7 nitrogen and oxygen atoms in total. The van der Waals surface area contributed by atoms with E-state index in [1.807, 2.05) is 0 Å². The minimum Gasteiger partial charge on any atom is -0.455 e. The second-order valence-corrected chi connectivity index (χ2v) is 5.13. The molecule has 0 bridgehead atoms. The molecular formula is C13H16N4O3. The van der Waals surface area contributed by atoms with Crippen LogP contribution in [0.25, 0.3) is 5.69 Å². The molecule has 2 rings (SSSR count). The van der Waals surface area contributed by atoms with E-state index in [0.29, 0.717) is 0 Å². The first kappa shape index (κ1) is 10.4. The maximum absolute atomic E-state index is 12.1. The van der Waals surface area contributed by atoms with Crippen LogP contribution in [0.1, 0.15) is 35.4 Å². The molecule has 2 heterocycles. The van der Waals surface area contributed by atoms with E-state index in [2.05, 4.69) is 10.2 Å². The molecule has 0 atom stereocenters. The summed E-state index contributed by atoms with van der Waals surface area (Å²) < 4.78 is 30.6. The van der Waals surface area contributed by atoms with Crippen LogP contribution in [0.3, 0.4) is 0 Å². The van der Waals surface area contributed by atoms with Crippen molar-refractivity contribution in [1.82, 2.24) is 19.6 Å². The van der Waals surface area contributed by atoms with Gasteiger partial charge in [0.1, 0.15) is 11.3 Å². The SMILES string of the molecule is [2H]c1nn(C)cc1-n1nc(C(=O)OC(C)(C)C)c(=O)c([2H])c1[2H]. The maximum Gasteiger partial charge on any atom is 0.363 e. The summed E-state index contributed by atoms with van der Waals surface area (Å²) in [5.74, 6) is -0.986.